The normalized spacial score (nSPS) is 11.4. The number of benzene rings is 2. The molecule has 1 amide bonds. The monoisotopic (exact) mass is 374 g/mol. The van der Waals surface area contributed by atoms with Gasteiger partial charge >= 0.3 is 6.18 Å². The molecule has 0 fully saturated rings. The Bertz CT molecular complexity index is 979. The molecule has 0 saturated heterocycles. The highest BCUT2D eigenvalue weighted by Gasteiger charge is 2.30. The van der Waals surface area contributed by atoms with Crippen molar-refractivity contribution in [2.75, 3.05) is 5.32 Å². The number of aromatic nitrogens is 3. The molecule has 27 heavy (non-hydrogen) atoms. The number of anilines is 1. The van der Waals surface area contributed by atoms with E-state index in [2.05, 4.69) is 15.5 Å². The maximum absolute atomic E-state index is 12.8. The highest BCUT2D eigenvalue weighted by atomic mass is 19.4. The van der Waals surface area contributed by atoms with E-state index in [1.807, 2.05) is 20.0 Å². The van der Waals surface area contributed by atoms with Gasteiger partial charge in [0.05, 0.1) is 12.0 Å². The molecule has 0 bridgehead atoms. The molecule has 1 N–H and O–H groups in total. The Morgan fingerprint density at radius 2 is 1.93 bits per heavy atom. The molecule has 0 atom stereocenters. The number of amides is 1. The van der Waals surface area contributed by atoms with E-state index in [0.717, 1.165) is 23.3 Å². The molecule has 3 aromatic rings. The third-order valence-corrected chi connectivity index (χ3v) is 4.18. The lowest BCUT2D eigenvalue weighted by Gasteiger charge is -2.13. The van der Waals surface area contributed by atoms with Gasteiger partial charge in [-0.05, 0) is 30.2 Å². The molecule has 2 aromatic carbocycles. The number of nitrogens with zero attached hydrogens (tertiary/aromatic N) is 3. The summed E-state index contributed by atoms with van der Waals surface area (Å²) in [6.45, 7) is 1.84. The Hall–Kier alpha value is -3.16. The highest BCUT2D eigenvalue weighted by Crippen LogP contribution is 2.30. The first-order valence-electron chi connectivity index (χ1n) is 8.15. The van der Waals surface area contributed by atoms with E-state index in [4.69, 9.17) is 0 Å². The van der Waals surface area contributed by atoms with Gasteiger partial charge in [-0.1, -0.05) is 30.3 Å². The molecule has 0 spiro atoms. The van der Waals surface area contributed by atoms with Crippen LogP contribution in [0.2, 0.25) is 0 Å². The summed E-state index contributed by atoms with van der Waals surface area (Å²) in [7, 11) is 1.81. The second-order valence-corrected chi connectivity index (χ2v) is 6.17. The van der Waals surface area contributed by atoms with Gasteiger partial charge < -0.3 is 9.88 Å². The van der Waals surface area contributed by atoms with Crippen LogP contribution in [0.25, 0.3) is 11.4 Å². The second-order valence-electron chi connectivity index (χ2n) is 6.17. The molecule has 8 heteroatoms. The summed E-state index contributed by atoms with van der Waals surface area (Å²) < 4.78 is 40.2. The summed E-state index contributed by atoms with van der Waals surface area (Å²) in [6, 6.07) is 10.1. The van der Waals surface area contributed by atoms with E-state index >= 15 is 0 Å². The molecule has 5 nitrogen and oxygen atoms in total. The van der Waals surface area contributed by atoms with Gasteiger partial charge in [0.2, 0.25) is 5.91 Å². The summed E-state index contributed by atoms with van der Waals surface area (Å²) in [5.74, 6) is 0.258. The molecule has 0 unspecified atom stereocenters. The van der Waals surface area contributed by atoms with Crippen LogP contribution in [0.4, 0.5) is 18.9 Å². The smallest absolute Gasteiger partial charge is 0.326 e. The van der Waals surface area contributed by atoms with E-state index in [1.165, 1.54) is 12.1 Å². The zero-order valence-corrected chi connectivity index (χ0v) is 14.7. The first kappa shape index (κ1) is 18.6. The lowest BCUT2D eigenvalue weighted by Crippen LogP contribution is -2.16. The number of aryl methyl sites for hydroxylation is 1. The van der Waals surface area contributed by atoms with Crippen molar-refractivity contribution in [3.63, 3.8) is 0 Å². The SMILES string of the molecule is Cc1c(NC(=O)Cc2cccc(C(F)(F)F)c2)cccc1-c1nncn1C. The quantitative estimate of drug-likeness (QED) is 0.751. The van der Waals surface area contributed by atoms with E-state index in [1.54, 1.807) is 23.0 Å². The molecular formula is C19H17F3N4O. The highest BCUT2D eigenvalue weighted by molar-refractivity contribution is 5.94. The third kappa shape index (κ3) is 4.16. The Balaban J connectivity index is 1.78. The summed E-state index contributed by atoms with van der Waals surface area (Å²) in [5.41, 5.74) is 1.71. The maximum Gasteiger partial charge on any atom is 0.416 e. The molecular weight excluding hydrogens is 357 g/mol. The van der Waals surface area contributed by atoms with Gasteiger partial charge in [0.1, 0.15) is 6.33 Å². The number of carbonyl (C=O) groups excluding carboxylic acids is 1. The van der Waals surface area contributed by atoms with Gasteiger partial charge in [-0.15, -0.1) is 10.2 Å². The van der Waals surface area contributed by atoms with Crippen LogP contribution in [0, 0.1) is 6.92 Å². The van der Waals surface area contributed by atoms with Crippen molar-refractivity contribution in [3.8, 4) is 11.4 Å². The average molecular weight is 374 g/mol. The van der Waals surface area contributed by atoms with Gasteiger partial charge in [-0.3, -0.25) is 4.79 Å². The van der Waals surface area contributed by atoms with Gasteiger partial charge in [0.15, 0.2) is 5.82 Å². The van der Waals surface area contributed by atoms with Crippen LogP contribution in [-0.4, -0.2) is 20.7 Å². The second kappa shape index (κ2) is 7.22. The summed E-state index contributed by atoms with van der Waals surface area (Å²) in [6.07, 6.45) is -3.02. The molecule has 0 radical (unpaired) electrons. The Kier molecular flexibility index (Phi) is 4.98. The Morgan fingerprint density at radius 3 is 2.59 bits per heavy atom. The third-order valence-electron chi connectivity index (χ3n) is 4.18. The van der Waals surface area contributed by atoms with E-state index in [9.17, 15) is 18.0 Å². The minimum atomic E-state index is -4.44. The minimum Gasteiger partial charge on any atom is -0.326 e. The minimum absolute atomic E-state index is 0.155. The number of hydrogen-bond donors (Lipinski definition) is 1. The van der Waals surface area contributed by atoms with E-state index < -0.39 is 17.6 Å². The number of alkyl halides is 3. The van der Waals surface area contributed by atoms with Crippen LogP contribution in [0.3, 0.4) is 0 Å². The molecule has 0 aliphatic heterocycles. The van der Waals surface area contributed by atoms with Crippen molar-refractivity contribution in [2.45, 2.75) is 19.5 Å². The van der Waals surface area contributed by atoms with Gasteiger partial charge in [0.25, 0.3) is 0 Å². The Morgan fingerprint density at radius 1 is 1.19 bits per heavy atom. The number of carbonyl (C=O) groups is 1. The van der Waals surface area contributed by atoms with Crippen LogP contribution < -0.4 is 5.32 Å². The lowest BCUT2D eigenvalue weighted by atomic mass is 10.0. The summed E-state index contributed by atoms with van der Waals surface area (Å²) >= 11 is 0. The summed E-state index contributed by atoms with van der Waals surface area (Å²) in [4.78, 5) is 12.3. The maximum atomic E-state index is 12.8. The fraction of sp³-hybridized carbons (Fsp3) is 0.211. The first-order valence-corrected chi connectivity index (χ1v) is 8.15. The molecule has 0 saturated carbocycles. The number of hydrogen-bond acceptors (Lipinski definition) is 3. The zero-order chi connectivity index (χ0) is 19.6. The number of nitrogens with one attached hydrogen (secondary N) is 1. The first-order chi connectivity index (χ1) is 12.8. The molecule has 140 valence electrons. The van der Waals surface area contributed by atoms with Crippen LogP contribution in [0.5, 0.6) is 0 Å². The van der Waals surface area contributed by atoms with Gasteiger partial charge in [-0.25, -0.2) is 0 Å². The molecule has 0 aliphatic carbocycles. The van der Waals surface area contributed by atoms with Gasteiger partial charge in [-0.2, -0.15) is 13.2 Å². The zero-order valence-electron chi connectivity index (χ0n) is 14.7. The van der Waals surface area contributed by atoms with E-state index in [-0.39, 0.29) is 6.42 Å². The van der Waals surface area contributed by atoms with Crippen LogP contribution >= 0.6 is 0 Å². The average Bonchev–Trinajstić information content (AvgIpc) is 3.02. The number of rotatable bonds is 4. The fourth-order valence-electron chi connectivity index (χ4n) is 2.78. The lowest BCUT2D eigenvalue weighted by molar-refractivity contribution is -0.137. The standard InChI is InChI=1S/C19H17F3N4O/c1-12-15(18-25-23-11-26(18)2)7-4-8-16(12)24-17(27)10-13-5-3-6-14(9-13)19(20,21)22/h3-9,11H,10H2,1-2H3,(H,24,27). The molecule has 0 aliphatic rings. The Labute approximate surface area is 153 Å². The topological polar surface area (TPSA) is 59.8 Å². The van der Waals surface area contributed by atoms with Crippen molar-refractivity contribution in [1.82, 2.24) is 14.8 Å². The van der Waals surface area contributed by atoms with Crippen molar-refractivity contribution in [1.29, 1.82) is 0 Å². The van der Waals surface area contributed by atoms with Gasteiger partial charge in [0, 0.05) is 18.3 Å². The molecule has 1 heterocycles. The molecule has 3 rings (SSSR count). The van der Waals surface area contributed by atoms with Crippen molar-refractivity contribution in [2.24, 2.45) is 7.05 Å². The van der Waals surface area contributed by atoms with E-state index in [0.29, 0.717) is 17.1 Å². The van der Waals surface area contributed by atoms with Crippen LogP contribution in [-0.2, 0) is 24.4 Å². The summed E-state index contributed by atoms with van der Waals surface area (Å²) in [5, 5.41) is 10.7. The number of halogens is 3. The van der Waals surface area contributed by atoms with Crippen molar-refractivity contribution in [3.05, 3.63) is 65.5 Å². The van der Waals surface area contributed by atoms with Crippen molar-refractivity contribution < 1.29 is 18.0 Å². The predicted molar refractivity (Wildman–Crippen MR) is 95.0 cm³/mol. The fourth-order valence-corrected chi connectivity index (χ4v) is 2.78. The molecule has 1 aromatic heterocycles. The van der Waals surface area contributed by atoms with Crippen LogP contribution in [0.1, 0.15) is 16.7 Å². The van der Waals surface area contributed by atoms with Crippen molar-refractivity contribution >= 4 is 11.6 Å². The van der Waals surface area contributed by atoms with Crippen LogP contribution in [0.15, 0.2) is 48.8 Å². The predicted octanol–water partition coefficient (Wildman–Crippen LogP) is 3.99. The largest absolute Gasteiger partial charge is 0.416 e.